The van der Waals surface area contributed by atoms with Gasteiger partial charge in [0.1, 0.15) is 0 Å². The van der Waals surface area contributed by atoms with Gasteiger partial charge in [0.15, 0.2) is 0 Å². The van der Waals surface area contributed by atoms with E-state index in [2.05, 4.69) is 15.5 Å². The zero-order valence-corrected chi connectivity index (χ0v) is 10.5. The molecule has 92 valence electrons. The molecule has 1 aliphatic rings. The summed E-state index contributed by atoms with van der Waals surface area (Å²) < 4.78 is 0. The van der Waals surface area contributed by atoms with Gasteiger partial charge in [-0.1, -0.05) is 17.7 Å². The Balaban J connectivity index is 1.84. The van der Waals surface area contributed by atoms with E-state index in [1.807, 2.05) is 19.2 Å². The first-order chi connectivity index (χ1) is 8.15. The highest BCUT2D eigenvalue weighted by Gasteiger charge is 2.22. The monoisotopic (exact) mass is 253 g/mol. The Morgan fingerprint density at radius 3 is 2.94 bits per heavy atom. The van der Waals surface area contributed by atoms with Crippen molar-refractivity contribution in [3.8, 4) is 0 Å². The first kappa shape index (κ1) is 12.4. The van der Waals surface area contributed by atoms with Gasteiger partial charge in [0, 0.05) is 29.8 Å². The summed E-state index contributed by atoms with van der Waals surface area (Å²) in [7, 11) is 1.96. The fourth-order valence-corrected chi connectivity index (χ4v) is 1.90. The Morgan fingerprint density at radius 2 is 2.35 bits per heavy atom. The third-order valence-corrected chi connectivity index (χ3v) is 3.12. The van der Waals surface area contributed by atoms with E-state index in [0.29, 0.717) is 17.6 Å². The van der Waals surface area contributed by atoms with Gasteiger partial charge in [-0.05, 0) is 25.2 Å². The molecule has 0 aliphatic carbocycles. The highest BCUT2D eigenvalue weighted by molar-refractivity contribution is 6.30. The predicted octanol–water partition coefficient (Wildman–Crippen LogP) is 1.18. The van der Waals surface area contributed by atoms with Crippen molar-refractivity contribution in [3.63, 3.8) is 0 Å². The van der Waals surface area contributed by atoms with Gasteiger partial charge in [0.2, 0.25) is 5.91 Å². The van der Waals surface area contributed by atoms with Crippen molar-refractivity contribution < 1.29 is 4.79 Å². The van der Waals surface area contributed by atoms with Gasteiger partial charge < -0.3 is 10.6 Å². The van der Waals surface area contributed by atoms with E-state index in [1.165, 1.54) is 0 Å². The van der Waals surface area contributed by atoms with Crippen LogP contribution in [0.1, 0.15) is 0 Å². The number of anilines is 1. The molecule has 0 spiro atoms. The number of halogens is 1. The molecule has 0 radical (unpaired) electrons. The van der Waals surface area contributed by atoms with E-state index in [1.54, 1.807) is 12.1 Å². The van der Waals surface area contributed by atoms with Crippen molar-refractivity contribution in [1.82, 2.24) is 10.2 Å². The second kappa shape index (κ2) is 5.49. The minimum absolute atomic E-state index is 0.0123. The third kappa shape index (κ3) is 3.43. The van der Waals surface area contributed by atoms with E-state index < -0.39 is 0 Å². The summed E-state index contributed by atoms with van der Waals surface area (Å²) >= 11 is 5.85. The molecule has 1 aliphatic heterocycles. The van der Waals surface area contributed by atoms with Crippen LogP contribution in [0.4, 0.5) is 5.69 Å². The minimum Gasteiger partial charge on any atom is -0.325 e. The van der Waals surface area contributed by atoms with Gasteiger partial charge in [-0.3, -0.25) is 9.69 Å². The molecule has 1 fully saturated rings. The highest BCUT2D eigenvalue weighted by atomic mass is 35.5. The van der Waals surface area contributed by atoms with Crippen LogP contribution in [-0.2, 0) is 4.79 Å². The van der Waals surface area contributed by atoms with Gasteiger partial charge in [-0.25, -0.2) is 0 Å². The van der Waals surface area contributed by atoms with Crippen molar-refractivity contribution in [1.29, 1.82) is 0 Å². The van der Waals surface area contributed by atoms with Gasteiger partial charge in [-0.2, -0.15) is 0 Å². The molecule has 0 aromatic heterocycles. The molecule has 2 rings (SSSR count). The summed E-state index contributed by atoms with van der Waals surface area (Å²) in [6.45, 7) is 2.32. The highest BCUT2D eigenvalue weighted by Crippen LogP contribution is 2.14. The average molecular weight is 254 g/mol. The van der Waals surface area contributed by atoms with Gasteiger partial charge >= 0.3 is 0 Å². The lowest BCUT2D eigenvalue weighted by molar-refractivity contribution is -0.117. The summed E-state index contributed by atoms with van der Waals surface area (Å²) in [5, 5.41) is 6.64. The van der Waals surface area contributed by atoms with Crippen LogP contribution in [0.5, 0.6) is 0 Å². The molecule has 1 aromatic carbocycles. The quantitative estimate of drug-likeness (QED) is 0.847. The fraction of sp³-hybridized carbons (Fsp3) is 0.417. The Labute approximate surface area is 106 Å². The zero-order valence-electron chi connectivity index (χ0n) is 9.74. The summed E-state index contributed by atoms with van der Waals surface area (Å²) in [4.78, 5) is 13.8. The Morgan fingerprint density at radius 1 is 1.59 bits per heavy atom. The maximum Gasteiger partial charge on any atom is 0.238 e. The van der Waals surface area contributed by atoms with Crippen molar-refractivity contribution >= 4 is 23.2 Å². The van der Waals surface area contributed by atoms with Crippen LogP contribution in [0.25, 0.3) is 0 Å². The predicted molar refractivity (Wildman–Crippen MR) is 69.4 cm³/mol. The lowest BCUT2D eigenvalue weighted by Gasteiger charge is -2.35. The van der Waals surface area contributed by atoms with Gasteiger partial charge in [-0.15, -0.1) is 0 Å². The van der Waals surface area contributed by atoms with E-state index in [-0.39, 0.29) is 5.91 Å². The third-order valence-electron chi connectivity index (χ3n) is 2.88. The summed E-state index contributed by atoms with van der Waals surface area (Å²) in [6, 6.07) is 7.64. The number of likely N-dealkylation sites (N-methyl/N-ethyl adjacent to an activating group) is 1. The number of hydrogen-bond donors (Lipinski definition) is 2. The minimum atomic E-state index is -0.0123. The van der Waals surface area contributed by atoms with Gasteiger partial charge in [0.25, 0.3) is 0 Å². The standard InChI is InChI=1S/C12H16ClN3O/c1-16(11-6-14-7-11)8-12(17)15-10-4-2-3-9(13)5-10/h2-5,11,14H,6-8H2,1H3,(H,15,17). The molecule has 1 heterocycles. The number of nitrogens with zero attached hydrogens (tertiary/aromatic N) is 1. The molecule has 4 nitrogen and oxygen atoms in total. The Bertz CT molecular complexity index is 406. The topological polar surface area (TPSA) is 44.4 Å². The van der Waals surface area contributed by atoms with Crippen LogP contribution < -0.4 is 10.6 Å². The molecule has 5 heteroatoms. The lowest BCUT2D eigenvalue weighted by atomic mass is 10.1. The number of hydrogen-bond acceptors (Lipinski definition) is 3. The maximum absolute atomic E-state index is 11.8. The molecule has 0 saturated carbocycles. The SMILES string of the molecule is CN(CC(=O)Nc1cccc(Cl)c1)C1CNC1. The van der Waals surface area contributed by atoms with Crippen LogP contribution in [0.15, 0.2) is 24.3 Å². The summed E-state index contributed by atoms with van der Waals surface area (Å²) in [5.41, 5.74) is 0.739. The van der Waals surface area contributed by atoms with Crippen molar-refractivity contribution in [3.05, 3.63) is 29.3 Å². The zero-order chi connectivity index (χ0) is 12.3. The van der Waals surface area contributed by atoms with Crippen molar-refractivity contribution in [2.24, 2.45) is 0 Å². The molecule has 2 N–H and O–H groups in total. The van der Waals surface area contributed by atoms with E-state index in [9.17, 15) is 4.79 Å². The Hall–Kier alpha value is -1.10. The smallest absolute Gasteiger partial charge is 0.238 e. The van der Waals surface area contributed by atoms with Crippen LogP contribution in [-0.4, -0.2) is 43.5 Å². The number of carbonyl (C=O) groups excluding carboxylic acids is 1. The first-order valence-electron chi connectivity index (χ1n) is 5.61. The van der Waals surface area contributed by atoms with E-state index in [4.69, 9.17) is 11.6 Å². The normalized spacial score (nSPS) is 15.7. The molecule has 0 atom stereocenters. The molecule has 1 amide bonds. The number of nitrogens with one attached hydrogen (secondary N) is 2. The van der Waals surface area contributed by atoms with Crippen molar-refractivity contribution in [2.75, 3.05) is 32.0 Å². The molecular formula is C12H16ClN3O. The lowest BCUT2D eigenvalue weighted by Crippen LogP contribution is -2.57. The molecular weight excluding hydrogens is 238 g/mol. The fourth-order valence-electron chi connectivity index (χ4n) is 1.71. The molecule has 1 saturated heterocycles. The second-order valence-corrected chi connectivity index (χ2v) is 4.72. The molecule has 17 heavy (non-hydrogen) atoms. The molecule has 1 aromatic rings. The van der Waals surface area contributed by atoms with Crippen LogP contribution in [0.3, 0.4) is 0 Å². The van der Waals surface area contributed by atoms with Crippen molar-refractivity contribution in [2.45, 2.75) is 6.04 Å². The molecule has 0 unspecified atom stereocenters. The number of carbonyl (C=O) groups is 1. The van der Waals surface area contributed by atoms with Gasteiger partial charge in [0.05, 0.1) is 6.54 Å². The maximum atomic E-state index is 11.8. The average Bonchev–Trinajstić information content (AvgIpc) is 2.13. The summed E-state index contributed by atoms with van der Waals surface area (Å²) in [6.07, 6.45) is 0. The number of amides is 1. The largest absolute Gasteiger partial charge is 0.325 e. The van der Waals surface area contributed by atoms with Crippen LogP contribution >= 0.6 is 11.6 Å². The number of benzene rings is 1. The van der Waals surface area contributed by atoms with Crippen LogP contribution in [0, 0.1) is 0 Å². The second-order valence-electron chi connectivity index (χ2n) is 4.29. The number of rotatable bonds is 4. The van der Waals surface area contributed by atoms with Crippen LogP contribution in [0.2, 0.25) is 5.02 Å². The Kier molecular flexibility index (Phi) is 3.99. The van der Waals surface area contributed by atoms with E-state index >= 15 is 0 Å². The summed E-state index contributed by atoms with van der Waals surface area (Å²) in [5.74, 6) is -0.0123. The first-order valence-corrected chi connectivity index (χ1v) is 5.99. The van der Waals surface area contributed by atoms with E-state index in [0.717, 1.165) is 18.8 Å². The molecule has 0 bridgehead atoms.